The van der Waals surface area contributed by atoms with Crippen LogP contribution in [-0.4, -0.2) is 30.0 Å². The molecule has 0 aliphatic rings. The van der Waals surface area contributed by atoms with Gasteiger partial charge in [-0.1, -0.05) is 41.2 Å². The Morgan fingerprint density at radius 1 is 1.00 bits per heavy atom. The number of amides is 1. The Bertz CT molecular complexity index is 1280. The van der Waals surface area contributed by atoms with Crippen LogP contribution in [0.2, 0.25) is 0 Å². The van der Waals surface area contributed by atoms with Crippen LogP contribution in [0.3, 0.4) is 0 Å². The minimum atomic E-state index is -3.43. The number of hydrogen-bond acceptors (Lipinski definition) is 6. The molecule has 0 N–H and O–H groups in total. The van der Waals surface area contributed by atoms with E-state index in [0.29, 0.717) is 11.7 Å². The second-order valence-corrected chi connectivity index (χ2v) is 10.7. The normalized spacial score (nSPS) is 11.5. The molecular weight excluding hydrogens is 442 g/mol. The van der Waals surface area contributed by atoms with Crippen LogP contribution in [0.25, 0.3) is 10.2 Å². The maximum absolute atomic E-state index is 13.2. The van der Waals surface area contributed by atoms with Gasteiger partial charge in [0.25, 0.3) is 0 Å². The smallest absolute Gasteiger partial charge is 0.229 e. The van der Waals surface area contributed by atoms with Gasteiger partial charge in [-0.05, 0) is 55.3 Å². The quantitative estimate of drug-likeness (QED) is 0.374. The molecule has 0 spiro atoms. The number of carbonyl (C=O) groups is 1. The molecule has 0 aliphatic carbocycles. The lowest BCUT2D eigenvalue weighted by Gasteiger charge is -2.20. The van der Waals surface area contributed by atoms with Crippen molar-refractivity contribution in [2.45, 2.75) is 31.2 Å². The minimum Gasteiger partial charge on any atom is -0.284 e. The second kappa shape index (κ2) is 9.58. The summed E-state index contributed by atoms with van der Waals surface area (Å²) in [5.41, 5.74) is 2.77. The van der Waals surface area contributed by atoms with Gasteiger partial charge < -0.3 is 0 Å². The Morgan fingerprint density at radius 3 is 2.44 bits per heavy atom. The van der Waals surface area contributed by atoms with E-state index in [1.165, 1.54) is 11.3 Å². The number of aromatic nitrogens is 2. The molecule has 4 aromatic rings. The molecule has 1 amide bonds. The number of hydrogen-bond donors (Lipinski definition) is 0. The molecule has 0 fully saturated rings. The van der Waals surface area contributed by atoms with Crippen LogP contribution in [0.15, 0.2) is 78.0 Å². The Labute approximate surface area is 191 Å². The monoisotopic (exact) mass is 465 g/mol. The van der Waals surface area contributed by atoms with E-state index in [4.69, 9.17) is 0 Å². The number of carbonyl (C=O) groups excluding carboxylic acids is 1. The first-order valence-electron chi connectivity index (χ1n) is 10.3. The van der Waals surface area contributed by atoms with Crippen molar-refractivity contribution in [3.05, 3.63) is 84.2 Å². The van der Waals surface area contributed by atoms with Crippen LogP contribution in [-0.2, 0) is 21.2 Å². The van der Waals surface area contributed by atoms with E-state index < -0.39 is 9.84 Å². The molecule has 0 bridgehead atoms. The van der Waals surface area contributed by atoms with Gasteiger partial charge >= 0.3 is 0 Å². The maximum Gasteiger partial charge on any atom is 0.229 e. The molecule has 2 aromatic carbocycles. The third-order valence-corrected chi connectivity index (χ3v) is 7.96. The summed E-state index contributed by atoms with van der Waals surface area (Å²) >= 11 is 1.45. The average Bonchev–Trinajstić information content (AvgIpc) is 3.22. The third kappa shape index (κ3) is 5.20. The molecule has 0 saturated carbocycles. The van der Waals surface area contributed by atoms with Crippen molar-refractivity contribution < 1.29 is 13.2 Å². The fourth-order valence-electron chi connectivity index (χ4n) is 3.32. The zero-order valence-electron chi connectivity index (χ0n) is 17.6. The van der Waals surface area contributed by atoms with E-state index >= 15 is 0 Å². The lowest BCUT2D eigenvalue weighted by molar-refractivity contribution is -0.118. The predicted molar refractivity (Wildman–Crippen MR) is 128 cm³/mol. The summed E-state index contributed by atoms with van der Waals surface area (Å²) in [4.78, 5) is 23.8. The number of anilines is 1. The van der Waals surface area contributed by atoms with Crippen LogP contribution in [0, 0.1) is 6.92 Å². The molecule has 32 heavy (non-hydrogen) atoms. The topological polar surface area (TPSA) is 80.2 Å². The first-order chi connectivity index (χ1) is 15.4. The summed E-state index contributed by atoms with van der Waals surface area (Å²) < 4.78 is 26.3. The van der Waals surface area contributed by atoms with E-state index in [0.717, 1.165) is 21.3 Å². The second-order valence-electron chi connectivity index (χ2n) is 7.53. The zero-order valence-corrected chi connectivity index (χ0v) is 19.3. The number of fused-ring (bicyclic) bond motifs is 1. The highest BCUT2D eigenvalue weighted by molar-refractivity contribution is 7.91. The van der Waals surface area contributed by atoms with Crippen molar-refractivity contribution in [2.75, 3.05) is 10.7 Å². The van der Waals surface area contributed by atoms with E-state index in [1.807, 2.05) is 43.3 Å². The molecule has 0 aliphatic heterocycles. The van der Waals surface area contributed by atoms with Gasteiger partial charge in [0.15, 0.2) is 15.0 Å². The van der Waals surface area contributed by atoms with Crippen LogP contribution >= 0.6 is 11.3 Å². The maximum atomic E-state index is 13.2. The number of aryl methyl sites for hydroxylation is 1. The van der Waals surface area contributed by atoms with Crippen molar-refractivity contribution >= 4 is 42.4 Å². The standard InChI is InChI=1S/C24H23N3O3S2/c1-18-8-10-20(11-9-18)32(29,30)16-4-7-23(28)27(17-19-12-14-25-15-13-19)24-26-21-5-2-3-6-22(21)31-24/h2-3,5-6,8-15H,4,7,16-17H2,1H3. The van der Waals surface area contributed by atoms with Gasteiger partial charge in [-0.2, -0.15) is 0 Å². The largest absolute Gasteiger partial charge is 0.284 e. The van der Waals surface area contributed by atoms with Gasteiger partial charge in [-0.25, -0.2) is 13.4 Å². The van der Waals surface area contributed by atoms with Gasteiger partial charge in [-0.3, -0.25) is 14.7 Å². The molecule has 0 unspecified atom stereocenters. The van der Waals surface area contributed by atoms with Gasteiger partial charge in [-0.15, -0.1) is 0 Å². The molecule has 4 rings (SSSR count). The predicted octanol–water partition coefficient (Wildman–Crippen LogP) is 4.79. The highest BCUT2D eigenvalue weighted by atomic mass is 32.2. The summed E-state index contributed by atoms with van der Waals surface area (Å²) in [5, 5.41) is 0.606. The first-order valence-corrected chi connectivity index (χ1v) is 12.7. The molecule has 0 atom stereocenters. The highest BCUT2D eigenvalue weighted by Crippen LogP contribution is 2.30. The van der Waals surface area contributed by atoms with E-state index in [1.54, 1.807) is 41.6 Å². The number of sulfone groups is 1. The van der Waals surface area contributed by atoms with Gasteiger partial charge in [0.05, 0.1) is 27.4 Å². The number of para-hydroxylation sites is 1. The van der Waals surface area contributed by atoms with Crippen molar-refractivity contribution in [1.29, 1.82) is 0 Å². The molecule has 0 saturated heterocycles. The van der Waals surface area contributed by atoms with Gasteiger partial charge in [0, 0.05) is 18.8 Å². The van der Waals surface area contributed by atoms with Gasteiger partial charge in [0.2, 0.25) is 5.91 Å². The highest BCUT2D eigenvalue weighted by Gasteiger charge is 2.22. The van der Waals surface area contributed by atoms with E-state index in [-0.39, 0.29) is 29.4 Å². The van der Waals surface area contributed by atoms with E-state index in [9.17, 15) is 13.2 Å². The first kappa shape index (κ1) is 22.1. The van der Waals surface area contributed by atoms with Crippen LogP contribution < -0.4 is 4.90 Å². The molecule has 2 aromatic heterocycles. The Hall–Kier alpha value is -3.10. The van der Waals surface area contributed by atoms with Gasteiger partial charge in [0.1, 0.15) is 0 Å². The summed E-state index contributed by atoms with van der Waals surface area (Å²) in [6, 6.07) is 18.2. The number of benzene rings is 2. The third-order valence-electron chi connectivity index (χ3n) is 5.09. The van der Waals surface area contributed by atoms with Crippen molar-refractivity contribution in [1.82, 2.24) is 9.97 Å². The Morgan fingerprint density at radius 2 is 1.72 bits per heavy atom. The minimum absolute atomic E-state index is 0.0786. The molecular formula is C24H23N3O3S2. The molecule has 2 heterocycles. The summed E-state index contributed by atoms with van der Waals surface area (Å²) in [6.45, 7) is 2.26. The average molecular weight is 466 g/mol. The summed E-state index contributed by atoms with van der Waals surface area (Å²) in [7, 11) is -3.43. The zero-order chi connectivity index (χ0) is 22.6. The van der Waals surface area contributed by atoms with Crippen LogP contribution in [0.4, 0.5) is 5.13 Å². The number of rotatable bonds is 8. The lowest BCUT2D eigenvalue weighted by Crippen LogP contribution is -2.30. The summed E-state index contributed by atoms with van der Waals surface area (Å²) in [6.07, 6.45) is 3.73. The fourth-order valence-corrected chi connectivity index (χ4v) is 5.61. The number of nitrogens with zero attached hydrogens (tertiary/aromatic N) is 3. The fraction of sp³-hybridized carbons (Fsp3) is 0.208. The molecule has 6 nitrogen and oxygen atoms in total. The SMILES string of the molecule is Cc1ccc(S(=O)(=O)CCCC(=O)N(Cc2ccncc2)c2nc3ccccc3s2)cc1. The Balaban J connectivity index is 1.50. The van der Waals surface area contributed by atoms with Crippen molar-refractivity contribution in [3.8, 4) is 0 Å². The molecule has 164 valence electrons. The van der Waals surface area contributed by atoms with Crippen molar-refractivity contribution in [2.24, 2.45) is 0 Å². The van der Waals surface area contributed by atoms with Crippen LogP contribution in [0.1, 0.15) is 24.0 Å². The molecule has 0 radical (unpaired) electrons. The van der Waals surface area contributed by atoms with Crippen LogP contribution in [0.5, 0.6) is 0 Å². The van der Waals surface area contributed by atoms with E-state index in [2.05, 4.69) is 9.97 Å². The molecule has 8 heteroatoms. The number of pyridine rings is 1. The Kier molecular flexibility index (Phi) is 6.62. The summed E-state index contributed by atoms with van der Waals surface area (Å²) in [5.74, 6) is -0.231. The lowest BCUT2D eigenvalue weighted by atomic mass is 10.2. The van der Waals surface area contributed by atoms with Crippen molar-refractivity contribution in [3.63, 3.8) is 0 Å². The number of thiazole rings is 1.